The summed E-state index contributed by atoms with van der Waals surface area (Å²) in [4.78, 5) is 13.8. The summed E-state index contributed by atoms with van der Waals surface area (Å²) in [6, 6.07) is 2.04. The van der Waals surface area contributed by atoms with Crippen LogP contribution in [0.25, 0.3) is 0 Å². The van der Waals surface area contributed by atoms with Gasteiger partial charge in [-0.2, -0.15) is 0 Å². The summed E-state index contributed by atoms with van der Waals surface area (Å²) in [6.07, 6.45) is 4.46. The Morgan fingerprint density at radius 1 is 1.53 bits per heavy atom. The molecule has 0 radical (unpaired) electrons. The van der Waals surface area contributed by atoms with Gasteiger partial charge in [0.1, 0.15) is 5.60 Å². The lowest BCUT2D eigenvalue weighted by molar-refractivity contribution is -0.149. The molecule has 4 heteroatoms. The monoisotopic (exact) mass is 344 g/mol. The highest BCUT2D eigenvalue weighted by Gasteiger charge is 2.41. The Morgan fingerprint density at radius 3 is 2.74 bits per heavy atom. The smallest absolute Gasteiger partial charge is 0.169 e. The Bertz CT molecular complexity index is 433. The molecule has 0 bridgehead atoms. The summed E-state index contributed by atoms with van der Waals surface area (Å²) in [7, 11) is 0. The van der Waals surface area contributed by atoms with Gasteiger partial charge in [-0.25, -0.2) is 0 Å². The third-order valence-electron chi connectivity index (χ3n) is 3.97. The summed E-state index contributed by atoms with van der Waals surface area (Å²) in [5.41, 5.74) is -0.516. The third-order valence-corrected chi connectivity index (χ3v) is 5.66. The van der Waals surface area contributed by atoms with E-state index < -0.39 is 5.60 Å². The molecule has 1 fully saturated rings. The molecule has 1 aromatic rings. The van der Waals surface area contributed by atoms with E-state index in [-0.39, 0.29) is 5.78 Å². The Labute approximate surface area is 127 Å². The normalized spacial score (nSPS) is 27.4. The van der Waals surface area contributed by atoms with Crippen molar-refractivity contribution in [3.63, 3.8) is 0 Å². The predicted octanol–water partition coefficient (Wildman–Crippen LogP) is 4.61. The lowest BCUT2D eigenvalue weighted by atomic mass is 9.76. The largest absolute Gasteiger partial charge is 0.367 e. The molecular formula is C15H21BrO2S. The molecule has 1 aromatic heterocycles. The first-order chi connectivity index (χ1) is 9.05. The number of ether oxygens (including phenoxy) is 1. The van der Waals surface area contributed by atoms with Gasteiger partial charge in [-0.1, -0.05) is 6.92 Å². The van der Waals surface area contributed by atoms with Gasteiger partial charge in [-0.3, -0.25) is 4.79 Å². The Morgan fingerprint density at radius 2 is 2.21 bits per heavy atom. The highest BCUT2D eigenvalue weighted by Crippen LogP contribution is 2.36. The third kappa shape index (κ3) is 3.67. The number of ketones is 1. The fraction of sp³-hybridized carbons (Fsp3) is 0.667. The van der Waals surface area contributed by atoms with Crippen LogP contribution in [0.5, 0.6) is 0 Å². The molecule has 2 nitrogen and oxygen atoms in total. The molecule has 0 atom stereocenters. The van der Waals surface area contributed by atoms with Crippen molar-refractivity contribution < 1.29 is 9.53 Å². The molecular weight excluding hydrogens is 324 g/mol. The van der Waals surface area contributed by atoms with E-state index in [1.54, 1.807) is 11.3 Å². The van der Waals surface area contributed by atoms with Crippen molar-refractivity contribution in [2.75, 3.05) is 6.61 Å². The first-order valence-corrected chi connectivity index (χ1v) is 8.63. The van der Waals surface area contributed by atoms with Crippen LogP contribution in [0.3, 0.4) is 0 Å². The zero-order valence-corrected chi connectivity index (χ0v) is 14.0. The number of thiophene rings is 1. The second-order valence-electron chi connectivity index (χ2n) is 5.44. The van der Waals surface area contributed by atoms with E-state index in [4.69, 9.17) is 4.74 Å². The predicted molar refractivity (Wildman–Crippen MR) is 82.7 cm³/mol. The molecule has 0 spiro atoms. The van der Waals surface area contributed by atoms with Gasteiger partial charge in [0.05, 0.1) is 0 Å². The molecule has 2 rings (SSSR count). The fourth-order valence-electron chi connectivity index (χ4n) is 2.77. The first kappa shape index (κ1) is 15.2. The minimum absolute atomic E-state index is 0.260. The minimum Gasteiger partial charge on any atom is -0.367 e. The van der Waals surface area contributed by atoms with E-state index in [0.717, 1.165) is 41.0 Å². The highest BCUT2D eigenvalue weighted by molar-refractivity contribution is 9.10. The number of carbonyl (C=O) groups excluding carboxylic acids is 1. The molecule has 19 heavy (non-hydrogen) atoms. The highest BCUT2D eigenvalue weighted by atomic mass is 79.9. The maximum atomic E-state index is 12.7. The first-order valence-electron chi connectivity index (χ1n) is 6.96. The Balaban J connectivity index is 2.08. The molecule has 0 amide bonds. The van der Waals surface area contributed by atoms with Gasteiger partial charge < -0.3 is 4.74 Å². The Kier molecular flexibility index (Phi) is 5.21. The van der Waals surface area contributed by atoms with Crippen molar-refractivity contribution >= 4 is 33.0 Å². The van der Waals surface area contributed by atoms with E-state index in [0.29, 0.717) is 13.0 Å². The van der Waals surface area contributed by atoms with Gasteiger partial charge in [0.15, 0.2) is 5.78 Å². The van der Waals surface area contributed by atoms with E-state index in [1.807, 2.05) is 18.4 Å². The van der Waals surface area contributed by atoms with Crippen LogP contribution >= 0.6 is 27.3 Å². The number of Topliss-reactive ketones (excluding diaryl/α,β-unsaturated/α-hetero) is 1. The summed E-state index contributed by atoms with van der Waals surface area (Å²) in [5.74, 6) is 0.980. The second kappa shape index (κ2) is 6.51. The molecule has 1 aliphatic carbocycles. The molecule has 0 unspecified atom stereocenters. The zero-order valence-electron chi connectivity index (χ0n) is 11.6. The molecule has 106 valence electrons. The van der Waals surface area contributed by atoms with Crippen LogP contribution in [0.1, 0.15) is 44.4 Å². The van der Waals surface area contributed by atoms with Crippen molar-refractivity contribution in [2.24, 2.45) is 5.92 Å². The van der Waals surface area contributed by atoms with Gasteiger partial charge in [-0.15, -0.1) is 11.3 Å². The van der Waals surface area contributed by atoms with Gasteiger partial charge >= 0.3 is 0 Å². The van der Waals surface area contributed by atoms with E-state index in [2.05, 4.69) is 22.9 Å². The van der Waals surface area contributed by atoms with Crippen molar-refractivity contribution in [3.8, 4) is 0 Å². The molecule has 1 saturated carbocycles. The van der Waals surface area contributed by atoms with Gasteiger partial charge in [-0.05, 0) is 60.5 Å². The average Bonchev–Trinajstić information content (AvgIpc) is 2.78. The number of rotatable bonds is 5. The summed E-state index contributed by atoms with van der Waals surface area (Å²) >= 11 is 5.07. The van der Waals surface area contributed by atoms with Crippen molar-refractivity contribution in [3.05, 3.63) is 20.8 Å². The van der Waals surface area contributed by atoms with Gasteiger partial charge in [0.25, 0.3) is 0 Å². The molecule has 0 aromatic carbocycles. The SMILES string of the molecule is CCOC1(C(=O)Cc2cc(Br)cs2)CCC(C)CC1. The standard InChI is InChI=1S/C15H21BrO2S/c1-3-18-15(6-4-11(2)5-7-15)14(17)9-13-8-12(16)10-19-13/h8,10-11H,3-7,9H2,1-2H3. The van der Waals surface area contributed by atoms with Crippen LogP contribution in [-0.4, -0.2) is 18.0 Å². The number of hydrogen-bond acceptors (Lipinski definition) is 3. The van der Waals surface area contributed by atoms with E-state index in [1.165, 1.54) is 0 Å². The van der Waals surface area contributed by atoms with E-state index in [9.17, 15) is 4.79 Å². The van der Waals surface area contributed by atoms with Crippen molar-refractivity contribution in [1.82, 2.24) is 0 Å². The van der Waals surface area contributed by atoms with Crippen LogP contribution in [0.4, 0.5) is 0 Å². The number of hydrogen-bond donors (Lipinski definition) is 0. The van der Waals surface area contributed by atoms with Crippen LogP contribution in [0.15, 0.2) is 15.9 Å². The van der Waals surface area contributed by atoms with Crippen LogP contribution in [-0.2, 0) is 16.0 Å². The Hall–Kier alpha value is -0.190. The molecule has 0 saturated heterocycles. The summed E-state index contributed by atoms with van der Waals surface area (Å²) in [5, 5.41) is 2.03. The van der Waals surface area contributed by atoms with Gasteiger partial charge in [0.2, 0.25) is 0 Å². The summed E-state index contributed by atoms with van der Waals surface area (Å²) in [6.45, 7) is 4.86. The maximum Gasteiger partial charge on any atom is 0.169 e. The molecule has 0 aliphatic heterocycles. The average molecular weight is 345 g/mol. The fourth-order valence-corrected chi connectivity index (χ4v) is 4.22. The topological polar surface area (TPSA) is 26.3 Å². The van der Waals surface area contributed by atoms with Crippen LogP contribution < -0.4 is 0 Å². The lowest BCUT2D eigenvalue weighted by Gasteiger charge is -2.37. The zero-order chi connectivity index (χ0) is 13.9. The number of carbonyl (C=O) groups is 1. The quantitative estimate of drug-likeness (QED) is 0.779. The minimum atomic E-state index is -0.516. The van der Waals surface area contributed by atoms with E-state index >= 15 is 0 Å². The molecule has 1 aliphatic rings. The maximum absolute atomic E-state index is 12.7. The summed E-state index contributed by atoms with van der Waals surface area (Å²) < 4.78 is 6.96. The molecule has 0 N–H and O–H groups in total. The second-order valence-corrected chi connectivity index (χ2v) is 7.35. The van der Waals surface area contributed by atoms with Gasteiger partial charge in [0, 0.05) is 27.8 Å². The van der Waals surface area contributed by atoms with Crippen molar-refractivity contribution in [2.45, 2.75) is 51.6 Å². The lowest BCUT2D eigenvalue weighted by Crippen LogP contribution is -2.45. The molecule has 1 heterocycles. The van der Waals surface area contributed by atoms with Crippen LogP contribution in [0.2, 0.25) is 0 Å². The van der Waals surface area contributed by atoms with Crippen LogP contribution in [0, 0.1) is 5.92 Å². The number of halogens is 1. The van der Waals surface area contributed by atoms with Crippen molar-refractivity contribution in [1.29, 1.82) is 0 Å².